The van der Waals surface area contributed by atoms with Crippen molar-refractivity contribution < 1.29 is 14.3 Å². The first-order chi connectivity index (χ1) is 9.58. The molecule has 0 bridgehead atoms. The Bertz CT molecular complexity index is 605. The molecule has 20 heavy (non-hydrogen) atoms. The number of halogens is 1. The maximum absolute atomic E-state index is 12.1. The van der Waals surface area contributed by atoms with E-state index in [9.17, 15) is 9.59 Å². The predicted octanol–water partition coefficient (Wildman–Crippen LogP) is 3.77. The van der Waals surface area contributed by atoms with Gasteiger partial charge in [-0.3, -0.25) is 4.79 Å². The van der Waals surface area contributed by atoms with E-state index in [0.717, 1.165) is 0 Å². The number of Topliss-reactive ketones (excluding diaryl/α,β-unsaturated/α-hetero) is 1. The summed E-state index contributed by atoms with van der Waals surface area (Å²) in [5, 5.41) is 0.551. The number of benzene rings is 2. The van der Waals surface area contributed by atoms with Gasteiger partial charge in [-0.25, -0.2) is 4.79 Å². The van der Waals surface area contributed by atoms with E-state index in [1.165, 1.54) is 0 Å². The standard InChI is InChI=1S/C16H13ClO3/c1-11(15(18)12-7-9-14(17)10-8-12)20-16(19)13-5-3-2-4-6-13/h2-11H,1H3. The molecule has 2 aromatic rings. The molecule has 0 aromatic heterocycles. The minimum atomic E-state index is -0.844. The predicted molar refractivity (Wildman–Crippen MR) is 77.1 cm³/mol. The van der Waals surface area contributed by atoms with Crippen molar-refractivity contribution >= 4 is 23.4 Å². The monoisotopic (exact) mass is 288 g/mol. The summed E-state index contributed by atoms with van der Waals surface area (Å²) >= 11 is 5.76. The normalized spacial score (nSPS) is 11.7. The molecular formula is C16H13ClO3. The van der Waals surface area contributed by atoms with Crippen molar-refractivity contribution in [3.63, 3.8) is 0 Å². The van der Waals surface area contributed by atoms with Crippen LogP contribution < -0.4 is 0 Å². The van der Waals surface area contributed by atoms with Crippen LogP contribution in [0.5, 0.6) is 0 Å². The first kappa shape index (κ1) is 14.3. The second-order valence-electron chi connectivity index (χ2n) is 4.28. The summed E-state index contributed by atoms with van der Waals surface area (Å²) in [6.07, 6.45) is -0.844. The molecule has 1 atom stereocenters. The van der Waals surface area contributed by atoms with E-state index in [1.807, 2.05) is 0 Å². The number of ketones is 1. The molecule has 3 nitrogen and oxygen atoms in total. The first-order valence-electron chi connectivity index (χ1n) is 6.14. The average Bonchev–Trinajstić information content (AvgIpc) is 2.48. The van der Waals surface area contributed by atoms with Crippen LogP contribution in [0.25, 0.3) is 0 Å². The second kappa shape index (κ2) is 6.35. The zero-order valence-electron chi connectivity index (χ0n) is 10.9. The molecule has 2 rings (SSSR count). The van der Waals surface area contributed by atoms with Gasteiger partial charge in [0.05, 0.1) is 5.56 Å². The van der Waals surface area contributed by atoms with Crippen molar-refractivity contribution in [2.24, 2.45) is 0 Å². The molecule has 0 saturated carbocycles. The minimum absolute atomic E-state index is 0.258. The van der Waals surface area contributed by atoms with Gasteiger partial charge in [-0.15, -0.1) is 0 Å². The Morgan fingerprint density at radius 1 is 0.950 bits per heavy atom. The molecule has 0 saturated heterocycles. The van der Waals surface area contributed by atoms with Gasteiger partial charge in [-0.2, -0.15) is 0 Å². The third kappa shape index (κ3) is 3.45. The van der Waals surface area contributed by atoms with Crippen molar-refractivity contribution in [3.05, 3.63) is 70.7 Å². The van der Waals surface area contributed by atoms with Gasteiger partial charge in [-0.1, -0.05) is 29.8 Å². The highest BCUT2D eigenvalue weighted by molar-refractivity contribution is 6.30. The van der Waals surface area contributed by atoms with Gasteiger partial charge in [0.2, 0.25) is 5.78 Å². The molecule has 0 N–H and O–H groups in total. The molecule has 0 aliphatic carbocycles. The Morgan fingerprint density at radius 3 is 2.15 bits per heavy atom. The summed E-state index contributed by atoms with van der Waals surface area (Å²) < 4.78 is 5.16. The summed E-state index contributed by atoms with van der Waals surface area (Å²) in [4.78, 5) is 24.0. The fourth-order valence-electron chi connectivity index (χ4n) is 1.71. The largest absolute Gasteiger partial charge is 0.451 e. The average molecular weight is 289 g/mol. The van der Waals surface area contributed by atoms with Crippen LogP contribution in [0.1, 0.15) is 27.6 Å². The molecule has 0 amide bonds. The maximum atomic E-state index is 12.1. The molecule has 4 heteroatoms. The molecule has 0 fully saturated rings. The Balaban J connectivity index is 2.05. The Kier molecular flexibility index (Phi) is 4.53. The fourth-order valence-corrected chi connectivity index (χ4v) is 1.83. The van der Waals surface area contributed by atoms with Gasteiger partial charge in [0.1, 0.15) is 0 Å². The fraction of sp³-hybridized carbons (Fsp3) is 0.125. The molecule has 0 radical (unpaired) electrons. The van der Waals surface area contributed by atoms with Gasteiger partial charge in [0.25, 0.3) is 0 Å². The molecule has 0 aliphatic rings. The van der Waals surface area contributed by atoms with Crippen LogP contribution >= 0.6 is 11.6 Å². The summed E-state index contributed by atoms with van der Waals surface area (Å²) in [5.74, 6) is -0.772. The van der Waals surface area contributed by atoms with Crippen molar-refractivity contribution in [1.82, 2.24) is 0 Å². The van der Waals surface area contributed by atoms with E-state index < -0.39 is 12.1 Å². The van der Waals surface area contributed by atoms with Crippen LogP contribution in [0.3, 0.4) is 0 Å². The quantitative estimate of drug-likeness (QED) is 0.635. The van der Waals surface area contributed by atoms with Gasteiger partial charge in [-0.05, 0) is 43.3 Å². The van der Waals surface area contributed by atoms with E-state index in [4.69, 9.17) is 16.3 Å². The number of esters is 1. The van der Waals surface area contributed by atoms with Gasteiger partial charge >= 0.3 is 5.97 Å². The topological polar surface area (TPSA) is 43.4 Å². The van der Waals surface area contributed by atoms with Crippen molar-refractivity contribution in [3.8, 4) is 0 Å². The van der Waals surface area contributed by atoms with Crippen LogP contribution in [0.4, 0.5) is 0 Å². The van der Waals surface area contributed by atoms with E-state index in [2.05, 4.69) is 0 Å². The number of hydrogen-bond donors (Lipinski definition) is 0. The van der Waals surface area contributed by atoms with Crippen molar-refractivity contribution in [2.75, 3.05) is 0 Å². The van der Waals surface area contributed by atoms with Crippen LogP contribution in [-0.2, 0) is 4.74 Å². The zero-order chi connectivity index (χ0) is 14.5. The van der Waals surface area contributed by atoms with Gasteiger partial charge in [0.15, 0.2) is 6.10 Å². The summed E-state index contributed by atoms with van der Waals surface area (Å²) in [7, 11) is 0. The van der Waals surface area contributed by atoms with E-state index in [0.29, 0.717) is 16.1 Å². The third-order valence-corrected chi connectivity index (χ3v) is 3.04. The van der Waals surface area contributed by atoms with E-state index in [1.54, 1.807) is 61.5 Å². The molecular weight excluding hydrogens is 276 g/mol. The smallest absolute Gasteiger partial charge is 0.338 e. The van der Waals surface area contributed by atoms with E-state index >= 15 is 0 Å². The maximum Gasteiger partial charge on any atom is 0.338 e. The summed E-state index contributed by atoms with van der Waals surface area (Å²) in [5.41, 5.74) is 0.881. The Labute approximate surface area is 122 Å². The van der Waals surface area contributed by atoms with Crippen LogP contribution in [0.15, 0.2) is 54.6 Å². The molecule has 2 aromatic carbocycles. The Morgan fingerprint density at radius 2 is 1.55 bits per heavy atom. The molecule has 0 spiro atoms. The van der Waals surface area contributed by atoms with Crippen LogP contribution in [0.2, 0.25) is 5.02 Å². The number of hydrogen-bond acceptors (Lipinski definition) is 3. The number of ether oxygens (including phenoxy) is 1. The molecule has 1 unspecified atom stereocenters. The molecule has 0 heterocycles. The first-order valence-corrected chi connectivity index (χ1v) is 6.51. The van der Waals surface area contributed by atoms with Gasteiger partial charge < -0.3 is 4.74 Å². The Hall–Kier alpha value is -2.13. The lowest BCUT2D eigenvalue weighted by Crippen LogP contribution is -2.24. The minimum Gasteiger partial charge on any atom is -0.451 e. The van der Waals surface area contributed by atoms with Crippen LogP contribution in [0, 0.1) is 0 Å². The molecule has 0 aliphatic heterocycles. The van der Waals surface area contributed by atoms with Gasteiger partial charge in [0, 0.05) is 10.6 Å². The highest BCUT2D eigenvalue weighted by Gasteiger charge is 2.20. The summed E-state index contributed by atoms with van der Waals surface area (Å²) in [6, 6.07) is 15.0. The highest BCUT2D eigenvalue weighted by Crippen LogP contribution is 2.13. The van der Waals surface area contributed by atoms with Crippen LogP contribution in [-0.4, -0.2) is 17.9 Å². The lowest BCUT2D eigenvalue weighted by atomic mass is 10.1. The van der Waals surface area contributed by atoms with Crippen molar-refractivity contribution in [2.45, 2.75) is 13.0 Å². The lowest BCUT2D eigenvalue weighted by Gasteiger charge is -2.12. The number of rotatable bonds is 4. The zero-order valence-corrected chi connectivity index (χ0v) is 11.6. The lowest BCUT2D eigenvalue weighted by molar-refractivity contribution is 0.0319. The number of carbonyl (C=O) groups is 2. The second-order valence-corrected chi connectivity index (χ2v) is 4.72. The number of carbonyl (C=O) groups excluding carboxylic acids is 2. The van der Waals surface area contributed by atoms with Crippen molar-refractivity contribution in [1.29, 1.82) is 0 Å². The molecule has 102 valence electrons. The third-order valence-electron chi connectivity index (χ3n) is 2.79. The van der Waals surface area contributed by atoms with E-state index in [-0.39, 0.29) is 5.78 Å². The SMILES string of the molecule is CC(OC(=O)c1ccccc1)C(=O)c1ccc(Cl)cc1. The summed E-state index contributed by atoms with van der Waals surface area (Å²) in [6.45, 7) is 1.55. The highest BCUT2D eigenvalue weighted by atomic mass is 35.5.